The number of nitrogens with one attached hydrogen (secondary N) is 1. The summed E-state index contributed by atoms with van der Waals surface area (Å²) in [6.07, 6.45) is 0.801. The molecule has 0 fully saturated rings. The van der Waals surface area contributed by atoms with E-state index < -0.39 is 5.91 Å². The van der Waals surface area contributed by atoms with Gasteiger partial charge < -0.3 is 10.3 Å². The van der Waals surface area contributed by atoms with Crippen LogP contribution in [0, 0.1) is 5.92 Å². The Labute approximate surface area is 110 Å². The van der Waals surface area contributed by atoms with E-state index in [4.69, 9.17) is 10.3 Å². The Morgan fingerprint density at radius 2 is 2.22 bits per heavy atom. The number of nitrogens with zero attached hydrogens (tertiary/aromatic N) is 1. The summed E-state index contributed by atoms with van der Waals surface area (Å²) in [6, 6.07) is 1.71. The van der Waals surface area contributed by atoms with Crippen molar-refractivity contribution in [3.05, 3.63) is 11.8 Å². The highest BCUT2D eigenvalue weighted by Crippen LogP contribution is 2.13. The normalized spacial score (nSPS) is 10.6. The van der Waals surface area contributed by atoms with Gasteiger partial charge in [0.15, 0.2) is 0 Å². The van der Waals surface area contributed by atoms with Crippen molar-refractivity contribution in [2.24, 2.45) is 11.7 Å². The monoisotopic (exact) mass is 271 g/mol. The van der Waals surface area contributed by atoms with Crippen LogP contribution in [0.2, 0.25) is 0 Å². The average Bonchev–Trinajstić information content (AvgIpc) is 2.63. The molecule has 1 aromatic heterocycles. The lowest BCUT2D eigenvalue weighted by atomic mass is 10.1. The number of anilines is 1. The molecule has 0 radical (unpaired) electrons. The molecule has 0 aliphatic carbocycles. The van der Waals surface area contributed by atoms with Crippen molar-refractivity contribution in [2.45, 2.75) is 20.3 Å². The van der Waals surface area contributed by atoms with E-state index in [1.54, 1.807) is 6.07 Å². The first-order valence-electron chi connectivity index (χ1n) is 5.59. The van der Waals surface area contributed by atoms with Crippen LogP contribution >= 0.6 is 11.8 Å². The van der Waals surface area contributed by atoms with E-state index in [-0.39, 0.29) is 17.4 Å². The lowest BCUT2D eigenvalue weighted by molar-refractivity contribution is -0.115. The molecule has 0 saturated carbocycles. The van der Waals surface area contributed by atoms with Gasteiger partial charge in [-0.3, -0.25) is 14.9 Å². The summed E-state index contributed by atoms with van der Waals surface area (Å²) in [5.41, 5.74) is 5.77. The second kappa shape index (κ2) is 7.05. The van der Waals surface area contributed by atoms with E-state index in [0.717, 1.165) is 23.9 Å². The highest BCUT2D eigenvalue weighted by molar-refractivity contribution is 8.00. The van der Waals surface area contributed by atoms with Crippen LogP contribution in [0.5, 0.6) is 0 Å². The van der Waals surface area contributed by atoms with Gasteiger partial charge in [-0.2, -0.15) is 0 Å². The van der Waals surface area contributed by atoms with Crippen LogP contribution in [-0.2, 0) is 16.0 Å². The molecule has 0 unspecified atom stereocenters. The molecule has 1 heterocycles. The molecular weight excluding hydrogens is 254 g/mol. The Bertz CT molecular complexity index is 417. The summed E-state index contributed by atoms with van der Waals surface area (Å²) in [6.45, 7) is 4.15. The molecule has 3 N–H and O–H groups in total. The number of hydrogen-bond acceptors (Lipinski definition) is 5. The van der Waals surface area contributed by atoms with Crippen LogP contribution in [0.4, 0.5) is 5.88 Å². The molecule has 100 valence electrons. The minimum Gasteiger partial charge on any atom is -0.369 e. The maximum absolute atomic E-state index is 11.5. The number of rotatable bonds is 7. The summed E-state index contributed by atoms with van der Waals surface area (Å²) >= 11 is 1.16. The highest BCUT2D eigenvalue weighted by atomic mass is 32.2. The van der Waals surface area contributed by atoms with E-state index in [1.807, 2.05) is 0 Å². The standard InChI is InChI=1S/C11H17N3O3S/c1-7(2)3-8-4-11(17-14-8)13-10(16)6-18-5-9(12)15/h4,7H,3,5-6H2,1-2H3,(H2,12,15)(H,13,16). The third-order valence-electron chi connectivity index (χ3n) is 1.92. The minimum absolute atomic E-state index is 0.127. The fourth-order valence-corrected chi connectivity index (χ4v) is 1.86. The Hall–Kier alpha value is -1.50. The van der Waals surface area contributed by atoms with E-state index in [1.165, 1.54) is 0 Å². The molecule has 0 atom stereocenters. The quantitative estimate of drug-likeness (QED) is 0.771. The first-order chi connectivity index (χ1) is 8.47. The molecular formula is C11H17N3O3S. The van der Waals surface area contributed by atoms with E-state index in [0.29, 0.717) is 11.8 Å². The largest absolute Gasteiger partial charge is 0.369 e. The van der Waals surface area contributed by atoms with E-state index in [2.05, 4.69) is 24.3 Å². The third kappa shape index (κ3) is 5.72. The lowest BCUT2D eigenvalue weighted by Crippen LogP contribution is -2.18. The van der Waals surface area contributed by atoms with Crippen molar-refractivity contribution in [3.8, 4) is 0 Å². The summed E-state index contributed by atoms with van der Waals surface area (Å²) in [5.74, 6) is 0.409. The molecule has 6 nitrogen and oxygen atoms in total. The van der Waals surface area contributed by atoms with Gasteiger partial charge in [-0.05, 0) is 12.3 Å². The van der Waals surface area contributed by atoms with E-state index >= 15 is 0 Å². The molecule has 0 aliphatic rings. The Kier molecular flexibility index (Phi) is 5.70. The first-order valence-corrected chi connectivity index (χ1v) is 6.74. The maximum atomic E-state index is 11.5. The number of amides is 2. The summed E-state index contributed by atoms with van der Waals surface area (Å²) in [4.78, 5) is 21.9. The second-order valence-electron chi connectivity index (χ2n) is 4.29. The summed E-state index contributed by atoms with van der Waals surface area (Å²) < 4.78 is 4.98. The van der Waals surface area contributed by atoms with Gasteiger partial charge >= 0.3 is 0 Å². The Morgan fingerprint density at radius 3 is 2.83 bits per heavy atom. The van der Waals surface area contributed by atoms with Crippen molar-refractivity contribution in [1.29, 1.82) is 0 Å². The number of primary amides is 1. The molecule has 0 bridgehead atoms. The number of hydrogen-bond donors (Lipinski definition) is 2. The van der Waals surface area contributed by atoms with Crippen molar-refractivity contribution in [1.82, 2.24) is 5.16 Å². The zero-order valence-electron chi connectivity index (χ0n) is 10.4. The predicted octanol–water partition coefficient (Wildman–Crippen LogP) is 1.03. The predicted molar refractivity (Wildman–Crippen MR) is 70.2 cm³/mol. The smallest absolute Gasteiger partial charge is 0.236 e. The molecule has 0 spiro atoms. The topological polar surface area (TPSA) is 98.2 Å². The maximum Gasteiger partial charge on any atom is 0.236 e. The van der Waals surface area contributed by atoms with Gasteiger partial charge in [-0.15, -0.1) is 11.8 Å². The first kappa shape index (κ1) is 14.6. The van der Waals surface area contributed by atoms with Crippen LogP contribution in [0.25, 0.3) is 0 Å². The average molecular weight is 271 g/mol. The van der Waals surface area contributed by atoms with Crippen LogP contribution < -0.4 is 11.1 Å². The van der Waals surface area contributed by atoms with Crippen molar-refractivity contribution < 1.29 is 14.1 Å². The number of carbonyl (C=O) groups excluding carboxylic acids is 2. The fourth-order valence-electron chi connectivity index (χ4n) is 1.30. The zero-order valence-corrected chi connectivity index (χ0v) is 11.3. The fraction of sp³-hybridized carbons (Fsp3) is 0.545. The van der Waals surface area contributed by atoms with Gasteiger partial charge in [0.1, 0.15) is 0 Å². The molecule has 2 amide bonds. The summed E-state index contributed by atoms with van der Waals surface area (Å²) in [5, 5.41) is 6.42. The van der Waals surface area contributed by atoms with Gasteiger partial charge in [0.2, 0.25) is 17.7 Å². The van der Waals surface area contributed by atoms with Crippen LogP contribution in [-0.4, -0.2) is 28.5 Å². The Balaban J connectivity index is 2.35. The number of aromatic nitrogens is 1. The summed E-state index contributed by atoms with van der Waals surface area (Å²) in [7, 11) is 0. The zero-order chi connectivity index (χ0) is 13.5. The van der Waals surface area contributed by atoms with Crippen molar-refractivity contribution >= 4 is 29.5 Å². The van der Waals surface area contributed by atoms with Crippen LogP contribution in [0.1, 0.15) is 19.5 Å². The third-order valence-corrected chi connectivity index (χ3v) is 2.87. The number of carbonyl (C=O) groups is 2. The molecule has 18 heavy (non-hydrogen) atoms. The van der Waals surface area contributed by atoms with Gasteiger partial charge in [-0.1, -0.05) is 19.0 Å². The van der Waals surface area contributed by atoms with Crippen LogP contribution in [0.15, 0.2) is 10.6 Å². The molecule has 7 heteroatoms. The molecule has 0 saturated heterocycles. The van der Waals surface area contributed by atoms with Gasteiger partial charge in [0.25, 0.3) is 0 Å². The van der Waals surface area contributed by atoms with Gasteiger partial charge in [-0.25, -0.2) is 0 Å². The highest BCUT2D eigenvalue weighted by Gasteiger charge is 2.09. The van der Waals surface area contributed by atoms with Crippen molar-refractivity contribution in [2.75, 3.05) is 16.8 Å². The van der Waals surface area contributed by atoms with Crippen LogP contribution in [0.3, 0.4) is 0 Å². The number of nitrogens with two attached hydrogens (primary N) is 1. The SMILES string of the molecule is CC(C)Cc1cc(NC(=O)CSCC(N)=O)on1. The minimum atomic E-state index is -0.438. The molecule has 1 rings (SSSR count). The van der Waals surface area contributed by atoms with Crippen molar-refractivity contribution in [3.63, 3.8) is 0 Å². The molecule has 0 aliphatic heterocycles. The van der Waals surface area contributed by atoms with E-state index in [9.17, 15) is 9.59 Å². The molecule has 1 aromatic rings. The van der Waals surface area contributed by atoms with Gasteiger partial charge in [0, 0.05) is 6.07 Å². The molecule has 0 aromatic carbocycles. The Morgan fingerprint density at radius 1 is 1.50 bits per heavy atom. The van der Waals surface area contributed by atoms with Gasteiger partial charge in [0.05, 0.1) is 17.2 Å². The second-order valence-corrected chi connectivity index (χ2v) is 5.27. The lowest BCUT2D eigenvalue weighted by Gasteiger charge is -1.99. The number of thioether (sulfide) groups is 1.